The van der Waals surface area contributed by atoms with Crippen LogP contribution in [0.15, 0.2) is 47.6 Å². The summed E-state index contributed by atoms with van der Waals surface area (Å²) in [5, 5.41) is 7.09. The molecule has 1 aliphatic carbocycles. The lowest BCUT2D eigenvalue weighted by Gasteiger charge is -2.29. The Morgan fingerprint density at radius 3 is 2.56 bits per heavy atom. The van der Waals surface area contributed by atoms with Crippen LogP contribution in [0.1, 0.15) is 54.5 Å². The van der Waals surface area contributed by atoms with E-state index < -0.39 is 0 Å². The highest BCUT2D eigenvalue weighted by atomic mass is 16.5. The van der Waals surface area contributed by atoms with Gasteiger partial charge in [-0.05, 0) is 53.6 Å². The molecule has 2 atom stereocenters. The summed E-state index contributed by atoms with van der Waals surface area (Å²) in [7, 11) is 3.83. The minimum absolute atomic E-state index is 0.339. The summed E-state index contributed by atoms with van der Waals surface area (Å²) in [6, 6.07) is 15.9. The van der Waals surface area contributed by atoms with E-state index in [1.807, 2.05) is 0 Å². The molecule has 0 saturated heterocycles. The normalized spacial score (nSPS) is 21.8. The molecule has 25 heavy (non-hydrogen) atoms. The molecule has 2 aliphatic rings. The molecular weight excluding hydrogens is 308 g/mol. The molecule has 0 radical (unpaired) electrons. The highest BCUT2D eigenvalue weighted by Gasteiger charge is 2.40. The summed E-state index contributed by atoms with van der Waals surface area (Å²) in [6.07, 6.45) is 2.23. The van der Waals surface area contributed by atoms with Crippen molar-refractivity contribution in [1.82, 2.24) is 5.01 Å². The number of fused-ring (bicyclic) bond motifs is 3. The van der Waals surface area contributed by atoms with E-state index in [0.717, 1.165) is 18.6 Å². The summed E-state index contributed by atoms with van der Waals surface area (Å²) >= 11 is 0. The number of benzene rings is 2. The number of hydrazone groups is 1. The Labute approximate surface area is 150 Å². The molecular formula is C22H26N2O. The van der Waals surface area contributed by atoms with Crippen molar-refractivity contribution < 1.29 is 4.74 Å². The van der Waals surface area contributed by atoms with Crippen LogP contribution in [-0.2, 0) is 6.42 Å². The second kappa shape index (κ2) is 6.21. The molecule has 2 aromatic carbocycles. The van der Waals surface area contributed by atoms with Crippen molar-refractivity contribution in [3.63, 3.8) is 0 Å². The molecule has 0 N–H and O–H groups in total. The lowest BCUT2D eigenvalue weighted by atomic mass is 9.77. The first-order chi connectivity index (χ1) is 12.1. The number of nitrogens with zero attached hydrogens (tertiary/aromatic N) is 2. The Bertz CT molecular complexity index is 807. The van der Waals surface area contributed by atoms with Gasteiger partial charge in [-0.3, -0.25) is 5.01 Å². The van der Waals surface area contributed by atoms with Gasteiger partial charge in [-0.1, -0.05) is 38.1 Å². The van der Waals surface area contributed by atoms with E-state index in [2.05, 4.69) is 68.4 Å². The lowest BCUT2D eigenvalue weighted by molar-refractivity contribution is 0.244. The summed E-state index contributed by atoms with van der Waals surface area (Å²) in [5.74, 6) is 1.97. The van der Waals surface area contributed by atoms with Gasteiger partial charge in [0.25, 0.3) is 0 Å². The monoisotopic (exact) mass is 334 g/mol. The Morgan fingerprint density at radius 1 is 1.12 bits per heavy atom. The van der Waals surface area contributed by atoms with Gasteiger partial charge in [-0.2, -0.15) is 5.10 Å². The summed E-state index contributed by atoms with van der Waals surface area (Å²) in [6.45, 7) is 4.48. The lowest BCUT2D eigenvalue weighted by Crippen LogP contribution is -2.27. The van der Waals surface area contributed by atoms with Crippen LogP contribution in [0, 0.1) is 5.92 Å². The smallest absolute Gasteiger partial charge is 0.119 e. The summed E-state index contributed by atoms with van der Waals surface area (Å²) in [5.41, 5.74) is 6.66. The average Bonchev–Trinajstić information content (AvgIpc) is 2.97. The molecule has 4 rings (SSSR count). The number of aryl methyl sites for hydroxylation is 1. The third-order valence-corrected chi connectivity index (χ3v) is 5.66. The first kappa shape index (κ1) is 16.2. The SMILES string of the molecule is COc1ccc2c(c1)CC[C@H]1C2=NN(C)[C@@H]1c1ccc(C(C)C)cc1. The van der Waals surface area contributed by atoms with E-state index in [9.17, 15) is 0 Å². The Balaban J connectivity index is 1.66. The standard InChI is InChI=1S/C22H26N2O/c1-14(2)15-5-7-16(8-6-15)22-20-11-9-17-13-18(25-4)10-12-19(17)21(20)23-24(22)3/h5-8,10,12-14,20,22H,9,11H2,1-4H3/t20-,22+/m0/s1. The number of rotatable bonds is 3. The van der Waals surface area contributed by atoms with Crippen LogP contribution in [0.25, 0.3) is 0 Å². The van der Waals surface area contributed by atoms with E-state index in [1.165, 1.54) is 28.0 Å². The number of hydrogen-bond acceptors (Lipinski definition) is 3. The summed E-state index contributed by atoms with van der Waals surface area (Å²) < 4.78 is 5.38. The average molecular weight is 334 g/mol. The minimum Gasteiger partial charge on any atom is -0.497 e. The van der Waals surface area contributed by atoms with Crippen molar-refractivity contribution in [3.05, 3.63) is 64.7 Å². The predicted molar refractivity (Wildman–Crippen MR) is 102 cm³/mol. The molecule has 130 valence electrons. The summed E-state index contributed by atoms with van der Waals surface area (Å²) in [4.78, 5) is 0. The topological polar surface area (TPSA) is 24.8 Å². The predicted octanol–water partition coefficient (Wildman–Crippen LogP) is 4.77. The van der Waals surface area contributed by atoms with Crippen LogP contribution in [0.3, 0.4) is 0 Å². The fourth-order valence-electron chi connectivity index (χ4n) is 4.26. The van der Waals surface area contributed by atoms with Crippen molar-refractivity contribution in [2.45, 2.75) is 38.6 Å². The number of hydrogen-bond donors (Lipinski definition) is 0. The van der Waals surface area contributed by atoms with E-state index in [4.69, 9.17) is 9.84 Å². The van der Waals surface area contributed by atoms with Gasteiger partial charge in [0.05, 0.1) is 18.9 Å². The third kappa shape index (κ3) is 2.72. The molecule has 0 aromatic heterocycles. The maximum absolute atomic E-state index is 5.38. The van der Waals surface area contributed by atoms with E-state index in [1.54, 1.807) is 7.11 Å². The van der Waals surface area contributed by atoms with Crippen LogP contribution in [0.5, 0.6) is 5.75 Å². The van der Waals surface area contributed by atoms with Gasteiger partial charge in [0, 0.05) is 18.5 Å². The zero-order chi connectivity index (χ0) is 17.6. The first-order valence-electron chi connectivity index (χ1n) is 9.17. The maximum atomic E-state index is 5.38. The molecule has 3 nitrogen and oxygen atoms in total. The molecule has 0 saturated carbocycles. The Kier molecular flexibility index (Phi) is 4.03. The molecule has 1 heterocycles. The molecule has 2 aromatic rings. The van der Waals surface area contributed by atoms with Crippen molar-refractivity contribution in [3.8, 4) is 5.75 Å². The van der Waals surface area contributed by atoms with E-state index >= 15 is 0 Å². The van der Waals surface area contributed by atoms with Gasteiger partial charge >= 0.3 is 0 Å². The second-order valence-electron chi connectivity index (χ2n) is 7.49. The zero-order valence-corrected chi connectivity index (χ0v) is 15.5. The Hall–Kier alpha value is -2.29. The van der Waals surface area contributed by atoms with Gasteiger partial charge in [0.1, 0.15) is 5.75 Å². The number of ether oxygens (including phenoxy) is 1. The molecule has 0 spiro atoms. The molecule has 1 aliphatic heterocycles. The third-order valence-electron chi connectivity index (χ3n) is 5.66. The van der Waals surface area contributed by atoms with Crippen molar-refractivity contribution in [2.75, 3.05) is 14.2 Å². The van der Waals surface area contributed by atoms with Gasteiger partial charge in [0.2, 0.25) is 0 Å². The molecule has 0 fully saturated rings. The van der Waals surface area contributed by atoms with Crippen molar-refractivity contribution in [2.24, 2.45) is 11.0 Å². The Morgan fingerprint density at radius 2 is 1.88 bits per heavy atom. The van der Waals surface area contributed by atoms with Gasteiger partial charge in [-0.25, -0.2) is 0 Å². The maximum Gasteiger partial charge on any atom is 0.119 e. The van der Waals surface area contributed by atoms with Crippen molar-refractivity contribution in [1.29, 1.82) is 0 Å². The van der Waals surface area contributed by atoms with Crippen LogP contribution >= 0.6 is 0 Å². The van der Waals surface area contributed by atoms with Crippen molar-refractivity contribution >= 4 is 5.71 Å². The highest BCUT2D eigenvalue weighted by molar-refractivity contribution is 6.05. The quantitative estimate of drug-likeness (QED) is 0.807. The number of methoxy groups -OCH3 is 1. The van der Waals surface area contributed by atoms with Crippen LogP contribution in [0.4, 0.5) is 0 Å². The van der Waals surface area contributed by atoms with Gasteiger partial charge in [-0.15, -0.1) is 0 Å². The van der Waals surface area contributed by atoms with E-state index in [-0.39, 0.29) is 0 Å². The van der Waals surface area contributed by atoms with Crippen LogP contribution in [0.2, 0.25) is 0 Å². The molecule has 0 bridgehead atoms. The molecule has 3 heteroatoms. The highest BCUT2D eigenvalue weighted by Crippen LogP contribution is 2.43. The van der Waals surface area contributed by atoms with Crippen LogP contribution in [-0.4, -0.2) is 24.9 Å². The molecule has 0 unspecified atom stereocenters. The minimum atomic E-state index is 0.339. The van der Waals surface area contributed by atoms with E-state index in [0.29, 0.717) is 17.9 Å². The first-order valence-corrected chi connectivity index (χ1v) is 9.17. The van der Waals surface area contributed by atoms with Gasteiger partial charge < -0.3 is 4.74 Å². The second-order valence-corrected chi connectivity index (χ2v) is 7.49. The fraction of sp³-hybridized carbons (Fsp3) is 0.409. The zero-order valence-electron chi connectivity index (χ0n) is 15.5. The molecule has 0 amide bonds. The largest absolute Gasteiger partial charge is 0.497 e. The van der Waals surface area contributed by atoms with Crippen LogP contribution < -0.4 is 4.74 Å². The van der Waals surface area contributed by atoms with Gasteiger partial charge in [0.15, 0.2) is 0 Å². The fourth-order valence-corrected chi connectivity index (χ4v) is 4.26.